The third kappa shape index (κ3) is 2.65. The van der Waals surface area contributed by atoms with Gasteiger partial charge in [-0.15, -0.1) is 0 Å². The number of carbonyl (C=O) groups is 2. The van der Waals surface area contributed by atoms with E-state index in [9.17, 15) is 29.6 Å². The third-order valence-corrected chi connectivity index (χ3v) is 4.64. The van der Waals surface area contributed by atoms with Gasteiger partial charge in [0.2, 0.25) is 0 Å². The van der Waals surface area contributed by atoms with Gasteiger partial charge in [-0.05, 0) is 18.2 Å². The highest BCUT2D eigenvalue weighted by Crippen LogP contribution is 2.40. The lowest BCUT2D eigenvalue weighted by Gasteiger charge is -2.19. The molecule has 2 aromatic carbocycles. The first-order valence-electron chi connectivity index (χ1n) is 8.18. The number of hydrogen-bond acceptors (Lipinski definition) is 7. The summed E-state index contributed by atoms with van der Waals surface area (Å²) in [6.45, 7) is 0. The van der Waals surface area contributed by atoms with Crippen LogP contribution in [0.1, 0.15) is 22.3 Å². The zero-order valence-electron chi connectivity index (χ0n) is 14.2. The van der Waals surface area contributed by atoms with E-state index in [1.54, 1.807) is 24.3 Å². The van der Waals surface area contributed by atoms with E-state index in [4.69, 9.17) is 4.42 Å². The molecule has 9 nitrogen and oxygen atoms in total. The Morgan fingerprint density at radius 1 is 1.18 bits per heavy atom. The summed E-state index contributed by atoms with van der Waals surface area (Å²) in [5.74, 6) is -1.72. The fraction of sp³-hybridized carbons (Fsp3) is 0.105. The molecule has 0 saturated carbocycles. The molecule has 0 spiro atoms. The summed E-state index contributed by atoms with van der Waals surface area (Å²) in [5.41, 5.74) is -3.53. The van der Waals surface area contributed by atoms with Crippen LogP contribution in [0.25, 0.3) is 11.0 Å². The van der Waals surface area contributed by atoms with Crippen LogP contribution in [0.3, 0.4) is 0 Å². The molecule has 4 rings (SSSR count). The Morgan fingerprint density at radius 3 is 2.68 bits per heavy atom. The molecular formula is C19H12N2O7. The predicted octanol–water partition coefficient (Wildman–Crippen LogP) is 2.11. The van der Waals surface area contributed by atoms with E-state index < -0.39 is 34.3 Å². The standard InChI is InChI=1S/C19H12N2O7/c22-15(12-7-10-3-1-2-4-16(10)28-17(12)23)9-19(25)13-8-11(21(26)27)5-6-14(13)20-18(19)24/h1-8,25H,9H2,(H,20,24)/t19-/m1/s1. The Balaban J connectivity index is 1.75. The molecule has 0 bridgehead atoms. The number of nitrogens with zero attached hydrogens (tertiary/aromatic N) is 1. The van der Waals surface area contributed by atoms with Crippen LogP contribution in [-0.4, -0.2) is 21.7 Å². The molecule has 2 N–H and O–H groups in total. The van der Waals surface area contributed by atoms with Gasteiger partial charge in [0, 0.05) is 28.8 Å². The van der Waals surface area contributed by atoms with Gasteiger partial charge in [0.15, 0.2) is 11.4 Å². The number of aliphatic hydroxyl groups is 1. The van der Waals surface area contributed by atoms with Gasteiger partial charge >= 0.3 is 5.63 Å². The van der Waals surface area contributed by atoms with Crippen molar-refractivity contribution < 1.29 is 24.0 Å². The van der Waals surface area contributed by atoms with Gasteiger partial charge < -0.3 is 14.8 Å². The number of fused-ring (bicyclic) bond motifs is 2. The number of anilines is 1. The fourth-order valence-electron chi connectivity index (χ4n) is 3.20. The first-order chi connectivity index (χ1) is 13.3. The maximum Gasteiger partial charge on any atom is 0.347 e. The second kappa shape index (κ2) is 6.10. The van der Waals surface area contributed by atoms with Crippen molar-refractivity contribution in [2.75, 3.05) is 5.32 Å². The van der Waals surface area contributed by atoms with Crippen molar-refractivity contribution in [3.05, 3.63) is 80.2 Å². The topological polar surface area (TPSA) is 140 Å². The summed E-state index contributed by atoms with van der Waals surface area (Å²) in [6, 6.07) is 11.4. The number of rotatable bonds is 4. The number of ketones is 1. The van der Waals surface area contributed by atoms with Gasteiger partial charge in [-0.2, -0.15) is 0 Å². The molecule has 1 amide bonds. The quantitative estimate of drug-likeness (QED) is 0.306. The van der Waals surface area contributed by atoms with E-state index in [0.29, 0.717) is 11.0 Å². The number of non-ortho nitro benzene ring substituents is 1. The first kappa shape index (κ1) is 17.6. The van der Waals surface area contributed by atoms with E-state index >= 15 is 0 Å². The van der Waals surface area contributed by atoms with Crippen LogP contribution in [0, 0.1) is 10.1 Å². The monoisotopic (exact) mass is 380 g/mol. The number of nitro groups is 1. The van der Waals surface area contributed by atoms with Gasteiger partial charge in [0.25, 0.3) is 11.6 Å². The predicted molar refractivity (Wildman–Crippen MR) is 97.1 cm³/mol. The highest BCUT2D eigenvalue weighted by molar-refractivity contribution is 6.09. The van der Waals surface area contributed by atoms with Crippen molar-refractivity contribution in [3.8, 4) is 0 Å². The Bertz CT molecular complexity index is 1230. The van der Waals surface area contributed by atoms with E-state index in [1.807, 2.05) is 0 Å². The molecule has 1 atom stereocenters. The van der Waals surface area contributed by atoms with Crippen molar-refractivity contribution >= 4 is 34.0 Å². The van der Waals surface area contributed by atoms with Crippen LogP contribution in [0.5, 0.6) is 0 Å². The van der Waals surface area contributed by atoms with Crippen molar-refractivity contribution in [2.24, 2.45) is 0 Å². The molecule has 9 heteroatoms. The van der Waals surface area contributed by atoms with Crippen LogP contribution in [0.15, 0.2) is 57.7 Å². The molecule has 2 heterocycles. The van der Waals surface area contributed by atoms with Crippen LogP contribution in [0.2, 0.25) is 0 Å². The van der Waals surface area contributed by atoms with Crippen LogP contribution >= 0.6 is 0 Å². The smallest absolute Gasteiger partial charge is 0.347 e. The number of nitrogens with one attached hydrogen (secondary N) is 1. The average molecular weight is 380 g/mol. The van der Waals surface area contributed by atoms with Gasteiger partial charge in [0.1, 0.15) is 11.1 Å². The normalized spacial score (nSPS) is 18.0. The zero-order chi connectivity index (χ0) is 20.1. The number of nitro benzene ring substituents is 1. The summed E-state index contributed by atoms with van der Waals surface area (Å²) in [7, 11) is 0. The van der Waals surface area contributed by atoms with Gasteiger partial charge in [-0.3, -0.25) is 19.7 Å². The Morgan fingerprint density at radius 2 is 1.93 bits per heavy atom. The molecule has 1 aliphatic rings. The summed E-state index contributed by atoms with van der Waals surface area (Å²) < 4.78 is 5.11. The van der Waals surface area contributed by atoms with E-state index in [2.05, 4.69) is 5.32 Å². The van der Waals surface area contributed by atoms with Crippen LogP contribution < -0.4 is 10.9 Å². The van der Waals surface area contributed by atoms with E-state index in [0.717, 1.165) is 6.07 Å². The van der Waals surface area contributed by atoms with Crippen molar-refractivity contribution in [1.29, 1.82) is 0 Å². The van der Waals surface area contributed by atoms with Gasteiger partial charge in [-0.1, -0.05) is 18.2 Å². The summed E-state index contributed by atoms with van der Waals surface area (Å²) in [5, 5.41) is 24.8. The Kier molecular flexibility index (Phi) is 3.83. The average Bonchev–Trinajstić information content (AvgIpc) is 2.90. The van der Waals surface area contributed by atoms with Gasteiger partial charge in [0.05, 0.1) is 11.3 Å². The molecule has 1 aromatic heterocycles. The van der Waals surface area contributed by atoms with Crippen LogP contribution in [0.4, 0.5) is 11.4 Å². The first-order valence-corrected chi connectivity index (χ1v) is 8.18. The lowest BCUT2D eigenvalue weighted by atomic mass is 9.88. The zero-order valence-corrected chi connectivity index (χ0v) is 14.2. The number of carbonyl (C=O) groups excluding carboxylic acids is 2. The summed E-state index contributed by atoms with van der Waals surface area (Å²) in [4.78, 5) is 47.5. The molecule has 0 aliphatic carbocycles. The second-order valence-electron chi connectivity index (χ2n) is 6.39. The number of hydrogen-bond donors (Lipinski definition) is 2. The van der Waals surface area contributed by atoms with Crippen molar-refractivity contribution in [1.82, 2.24) is 0 Å². The minimum atomic E-state index is -2.34. The fourth-order valence-corrected chi connectivity index (χ4v) is 3.20. The lowest BCUT2D eigenvalue weighted by molar-refractivity contribution is -0.385. The molecule has 140 valence electrons. The maximum absolute atomic E-state index is 12.7. The van der Waals surface area contributed by atoms with E-state index in [1.165, 1.54) is 18.2 Å². The SMILES string of the molecule is O=C(C[C@]1(O)C(=O)Nc2ccc([N+](=O)[O-])cc21)c1cc2ccccc2oc1=O. The molecule has 0 saturated heterocycles. The maximum atomic E-state index is 12.7. The largest absolute Gasteiger partial charge is 0.422 e. The summed E-state index contributed by atoms with van der Waals surface area (Å²) >= 11 is 0. The number of Topliss-reactive ketones (excluding diaryl/α,β-unsaturated/α-hetero) is 1. The van der Waals surface area contributed by atoms with Crippen molar-refractivity contribution in [2.45, 2.75) is 12.0 Å². The number of benzene rings is 2. The lowest BCUT2D eigenvalue weighted by Crippen LogP contribution is -2.37. The van der Waals surface area contributed by atoms with Crippen molar-refractivity contribution in [3.63, 3.8) is 0 Å². The second-order valence-corrected chi connectivity index (χ2v) is 6.39. The van der Waals surface area contributed by atoms with Gasteiger partial charge in [-0.25, -0.2) is 4.79 Å². The summed E-state index contributed by atoms with van der Waals surface area (Å²) in [6.07, 6.45) is -0.768. The molecule has 1 aliphatic heterocycles. The molecule has 0 unspecified atom stereocenters. The molecule has 0 radical (unpaired) electrons. The third-order valence-electron chi connectivity index (χ3n) is 4.64. The molecular weight excluding hydrogens is 368 g/mol. The molecule has 0 fully saturated rings. The number of amides is 1. The highest BCUT2D eigenvalue weighted by atomic mass is 16.6. The minimum absolute atomic E-state index is 0.0924. The Hall–Kier alpha value is -3.85. The van der Waals surface area contributed by atoms with E-state index in [-0.39, 0.29) is 22.5 Å². The highest BCUT2D eigenvalue weighted by Gasteiger charge is 2.48. The number of para-hydroxylation sites is 1. The minimum Gasteiger partial charge on any atom is -0.422 e. The van der Waals surface area contributed by atoms with Crippen LogP contribution in [-0.2, 0) is 10.4 Å². The molecule has 28 heavy (non-hydrogen) atoms. The molecule has 3 aromatic rings. The Labute approximate surface area is 156 Å².